The van der Waals surface area contributed by atoms with Crippen LogP contribution >= 0.6 is 0 Å². The van der Waals surface area contributed by atoms with Gasteiger partial charge in [0.25, 0.3) is 0 Å². The number of benzene rings is 3. The second-order valence-electron chi connectivity index (χ2n) is 6.70. The van der Waals surface area contributed by atoms with E-state index in [1.54, 1.807) is 7.11 Å². The van der Waals surface area contributed by atoms with Crippen LogP contribution in [0, 0.1) is 11.3 Å². The molecule has 0 fully saturated rings. The van der Waals surface area contributed by atoms with Crippen LogP contribution in [0.2, 0.25) is 0 Å². The smallest absolute Gasteiger partial charge is 0.127 e. The van der Waals surface area contributed by atoms with Crippen molar-refractivity contribution in [2.45, 2.75) is 19.3 Å². The minimum absolute atomic E-state index is 0.254. The first kappa shape index (κ1) is 14.6. The highest BCUT2D eigenvalue weighted by Gasteiger charge is 2.38. The zero-order chi connectivity index (χ0) is 17.1. The van der Waals surface area contributed by atoms with Crippen LogP contribution in [0.15, 0.2) is 42.5 Å². The van der Waals surface area contributed by atoms with Crippen LogP contribution in [0.1, 0.15) is 30.5 Å². The van der Waals surface area contributed by atoms with E-state index in [0.29, 0.717) is 5.56 Å². The van der Waals surface area contributed by atoms with Crippen molar-refractivity contribution in [1.29, 1.82) is 5.26 Å². The van der Waals surface area contributed by atoms with Crippen LogP contribution in [0.5, 0.6) is 11.5 Å². The van der Waals surface area contributed by atoms with E-state index in [-0.39, 0.29) is 11.2 Å². The lowest BCUT2D eigenvalue weighted by molar-refractivity contribution is 0.419. The van der Waals surface area contributed by atoms with Crippen LogP contribution < -0.4 is 4.74 Å². The lowest BCUT2D eigenvalue weighted by Crippen LogP contribution is -2.15. The van der Waals surface area contributed by atoms with Crippen molar-refractivity contribution in [3.8, 4) is 28.7 Å². The Morgan fingerprint density at radius 3 is 2.58 bits per heavy atom. The molecule has 0 atom stereocenters. The zero-order valence-electron chi connectivity index (χ0n) is 13.8. The van der Waals surface area contributed by atoms with E-state index in [0.717, 1.165) is 38.8 Å². The number of aromatic hydroxyl groups is 1. The Kier molecular flexibility index (Phi) is 2.89. The summed E-state index contributed by atoms with van der Waals surface area (Å²) in [6, 6.07) is 15.6. The molecule has 1 aliphatic rings. The molecule has 1 N–H and O–H groups in total. The van der Waals surface area contributed by atoms with Gasteiger partial charge in [0.05, 0.1) is 18.7 Å². The van der Waals surface area contributed by atoms with Crippen molar-refractivity contribution in [2.75, 3.05) is 7.11 Å². The molecule has 0 heterocycles. The number of methoxy groups -OCH3 is 1. The molecular formula is C21H17NO2. The van der Waals surface area contributed by atoms with E-state index in [1.807, 2.05) is 42.5 Å². The molecule has 0 aromatic heterocycles. The molecule has 3 nitrogen and oxygen atoms in total. The maximum Gasteiger partial charge on any atom is 0.127 e. The van der Waals surface area contributed by atoms with Gasteiger partial charge in [0, 0.05) is 16.2 Å². The molecule has 0 amide bonds. The van der Waals surface area contributed by atoms with E-state index >= 15 is 0 Å². The maximum absolute atomic E-state index is 10.6. The van der Waals surface area contributed by atoms with Gasteiger partial charge in [-0.15, -0.1) is 0 Å². The fourth-order valence-corrected chi connectivity index (χ4v) is 3.86. The van der Waals surface area contributed by atoms with E-state index in [9.17, 15) is 10.4 Å². The van der Waals surface area contributed by atoms with Gasteiger partial charge >= 0.3 is 0 Å². The number of nitrogens with zero attached hydrogens (tertiary/aromatic N) is 1. The SMILES string of the molecule is COc1cccc2c(O)cc3c(c12)-c1ccc(C#N)cc1C3(C)C. The van der Waals surface area contributed by atoms with Gasteiger partial charge in [-0.25, -0.2) is 0 Å². The monoisotopic (exact) mass is 315 g/mol. The summed E-state index contributed by atoms with van der Waals surface area (Å²) in [5.74, 6) is 0.997. The molecule has 3 aromatic carbocycles. The fraction of sp³-hybridized carbons (Fsp3) is 0.190. The second kappa shape index (κ2) is 4.75. The Morgan fingerprint density at radius 2 is 1.88 bits per heavy atom. The van der Waals surface area contributed by atoms with Crippen LogP contribution in [0.3, 0.4) is 0 Å². The highest BCUT2D eigenvalue weighted by Crippen LogP contribution is 2.54. The molecule has 0 spiro atoms. The predicted octanol–water partition coefficient (Wildman–Crippen LogP) is 4.73. The van der Waals surface area contributed by atoms with E-state index in [2.05, 4.69) is 19.9 Å². The number of hydrogen-bond donors (Lipinski definition) is 1. The van der Waals surface area contributed by atoms with E-state index in [4.69, 9.17) is 4.74 Å². The Morgan fingerprint density at radius 1 is 1.08 bits per heavy atom. The number of hydrogen-bond acceptors (Lipinski definition) is 3. The first-order valence-electron chi connectivity index (χ1n) is 7.87. The number of nitriles is 1. The highest BCUT2D eigenvalue weighted by molar-refractivity contribution is 6.08. The summed E-state index contributed by atoms with van der Waals surface area (Å²) in [5, 5.41) is 21.5. The van der Waals surface area contributed by atoms with Crippen molar-refractivity contribution in [3.63, 3.8) is 0 Å². The Balaban J connectivity index is 2.22. The third kappa shape index (κ3) is 1.71. The predicted molar refractivity (Wildman–Crippen MR) is 94.4 cm³/mol. The van der Waals surface area contributed by atoms with Crippen molar-refractivity contribution in [2.24, 2.45) is 0 Å². The number of phenolic OH excluding ortho intramolecular Hbond substituents is 1. The summed E-state index contributed by atoms with van der Waals surface area (Å²) >= 11 is 0. The molecule has 0 bridgehead atoms. The van der Waals surface area contributed by atoms with Crippen LogP contribution in [-0.4, -0.2) is 12.2 Å². The average Bonchev–Trinajstić information content (AvgIpc) is 2.81. The molecule has 0 saturated carbocycles. The molecule has 0 aliphatic heterocycles. The minimum Gasteiger partial charge on any atom is -0.507 e. The first-order chi connectivity index (χ1) is 11.5. The third-order valence-corrected chi connectivity index (χ3v) is 5.09. The molecule has 4 rings (SSSR count). The number of rotatable bonds is 1. The van der Waals surface area contributed by atoms with Gasteiger partial charge in [-0.05, 0) is 46.5 Å². The Labute approximate surface area is 140 Å². The number of ether oxygens (including phenoxy) is 1. The maximum atomic E-state index is 10.6. The normalized spacial score (nSPS) is 14.1. The van der Waals surface area contributed by atoms with Crippen LogP contribution in [-0.2, 0) is 5.41 Å². The lowest BCUT2D eigenvalue weighted by Gasteiger charge is -2.22. The summed E-state index contributed by atoms with van der Waals surface area (Å²) in [5.41, 5.74) is 4.71. The molecular weight excluding hydrogens is 298 g/mol. The van der Waals surface area contributed by atoms with Crippen molar-refractivity contribution < 1.29 is 9.84 Å². The Bertz CT molecular complexity index is 1040. The molecule has 3 aromatic rings. The first-order valence-corrected chi connectivity index (χ1v) is 7.87. The topological polar surface area (TPSA) is 53.2 Å². The van der Waals surface area contributed by atoms with E-state index < -0.39 is 0 Å². The number of phenols is 1. The standard InChI is InChI=1S/C21H17NO2/c1-21(2)15-9-12(11-22)7-8-13(15)19-16(21)10-17(23)14-5-4-6-18(24-3)20(14)19/h4-10,23H,1-3H3. The second-order valence-corrected chi connectivity index (χ2v) is 6.70. The van der Waals surface area contributed by atoms with Gasteiger partial charge in [-0.2, -0.15) is 5.26 Å². The fourth-order valence-electron chi connectivity index (χ4n) is 3.86. The molecule has 3 heteroatoms. The summed E-state index contributed by atoms with van der Waals surface area (Å²) in [6.45, 7) is 4.25. The third-order valence-electron chi connectivity index (χ3n) is 5.09. The molecule has 0 unspecified atom stereocenters. The summed E-state index contributed by atoms with van der Waals surface area (Å²) in [4.78, 5) is 0. The molecule has 1 aliphatic carbocycles. The zero-order valence-corrected chi connectivity index (χ0v) is 13.8. The van der Waals surface area contributed by atoms with Crippen molar-refractivity contribution in [3.05, 3.63) is 59.2 Å². The highest BCUT2D eigenvalue weighted by atomic mass is 16.5. The summed E-state index contributed by atoms with van der Waals surface area (Å²) in [6.07, 6.45) is 0. The average molecular weight is 315 g/mol. The van der Waals surface area contributed by atoms with Crippen molar-refractivity contribution in [1.82, 2.24) is 0 Å². The van der Waals surface area contributed by atoms with Crippen LogP contribution in [0.4, 0.5) is 0 Å². The summed E-state index contributed by atoms with van der Waals surface area (Å²) in [7, 11) is 1.64. The lowest BCUT2D eigenvalue weighted by atomic mass is 9.81. The summed E-state index contributed by atoms with van der Waals surface area (Å²) < 4.78 is 5.57. The Hall–Kier alpha value is -2.99. The van der Waals surface area contributed by atoms with Gasteiger partial charge in [0.15, 0.2) is 0 Å². The quantitative estimate of drug-likeness (QED) is 0.706. The molecule has 0 radical (unpaired) electrons. The largest absolute Gasteiger partial charge is 0.507 e. The molecule has 118 valence electrons. The number of fused-ring (bicyclic) bond motifs is 5. The van der Waals surface area contributed by atoms with Gasteiger partial charge in [0.1, 0.15) is 11.5 Å². The van der Waals surface area contributed by atoms with Crippen molar-refractivity contribution >= 4 is 10.8 Å². The molecule has 24 heavy (non-hydrogen) atoms. The molecule has 0 saturated heterocycles. The van der Waals surface area contributed by atoms with Gasteiger partial charge in [-0.1, -0.05) is 32.0 Å². The van der Waals surface area contributed by atoms with E-state index in [1.165, 1.54) is 0 Å². The minimum atomic E-state index is -0.288. The van der Waals surface area contributed by atoms with Gasteiger partial charge in [0.2, 0.25) is 0 Å². The van der Waals surface area contributed by atoms with Gasteiger partial charge < -0.3 is 9.84 Å². The van der Waals surface area contributed by atoms with Crippen LogP contribution in [0.25, 0.3) is 21.9 Å². The van der Waals surface area contributed by atoms with Gasteiger partial charge in [-0.3, -0.25) is 0 Å².